The second-order valence-corrected chi connectivity index (χ2v) is 5.49. The summed E-state index contributed by atoms with van der Waals surface area (Å²) < 4.78 is 31.2. The van der Waals surface area contributed by atoms with Crippen molar-refractivity contribution in [1.29, 1.82) is 0 Å². The van der Waals surface area contributed by atoms with Crippen LogP contribution in [-0.4, -0.2) is 23.7 Å². The number of carbonyl (C=O) groups excluding carboxylic acids is 2. The van der Waals surface area contributed by atoms with E-state index in [2.05, 4.69) is 21.5 Å². The lowest BCUT2D eigenvalue weighted by molar-refractivity contribution is 0.0526. The van der Waals surface area contributed by atoms with E-state index in [1.165, 1.54) is 30.3 Å². The van der Waals surface area contributed by atoms with Crippen molar-refractivity contribution in [3.05, 3.63) is 59.7 Å². The van der Waals surface area contributed by atoms with Crippen molar-refractivity contribution in [3.8, 4) is 0 Å². The largest absolute Gasteiger partial charge is 0.462 e. The number of amides is 2. The Balaban J connectivity index is 1.81. The van der Waals surface area contributed by atoms with Crippen LogP contribution in [0.5, 0.6) is 0 Å². The van der Waals surface area contributed by atoms with Crippen molar-refractivity contribution < 1.29 is 23.1 Å². The lowest BCUT2D eigenvalue weighted by Crippen LogP contribution is -2.45. The summed E-state index contributed by atoms with van der Waals surface area (Å²) >= 11 is 4.91. The lowest BCUT2D eigenvalue weighted by atomic mass is 10.2. The number of nitrogens with one attached hydrogen (secondary N) is 4. The summed E-state index contributed by atoms with van der Waals surface area (Å²) in [5.74, 6) is -2.01. The van der Waals surface area contributed by atoms with Gasteiger partial charge in [0.15, 0.2) is 5.11 Å². The number of esters is 1. The third kappa shape index (κ3) is 6.19. The van der Waals surface area contributed by atoms with Gasteiger partial charge in [-0.05, 0) is 55.5 Å². The van der Waals surface area contributed by atoms with Gasteiger partial charge in [-0.3, -0.25) is 5.43 Å². The standard InChI is InChI=1S/C17H16F2N4O3S/c1-2-26-15(24)10-3-6-12(7-4-10)20-16(25)22-23-17(27)21-14-8-5-11(18)9-13(14)19/h3-9H,2H2,1H3,(H2,20,22,25)(H2,21,23,27). The number of carbonyl (C=O) groups is 2. The van der Waals surface area contributed by atoms with Crippen molar-refractivity contribution in [2.24, 2.45) is 0 Å². The Morgan fingerprint density at radius 2 is 1.74 bits per heavy atom. The molecular weight excluding hydrogens is 378 g/mol. The fourth-order valence-electron chi connectivity index (χ4n) is 1.92. The van der Waals surface area contributed by atoms with Gasteiger partial charge in [-0.1, -0.05) is 0 Å². The first-order valence-corrected chi connectivity index (χ1v) is 8.16. The number of halogens is 2. The first-order valence-electron chi connectivity index (χ1n) is 7.75. The number of hydrogen-bond donors (Lipinski definition) is 4. The molecule has 2 rings (SSSR count). The molecule has 142 valence electrons. The number of anilines is 2. The summed E-state index contributed by atoms with van der Waals surface area (Å²) in [7, 11) is 0. The molecule has 0 saturated carbocycles. The molecule has 0 heterocycles. The molecule has 0 aliphatic carbocycles. The van der Waals surface area contributed by atoms with Gasteiger partial charge in [0.1, 0.15) is 11.6 Å². The van der Waals surface area contributed by atoms with Crippen LogP contribution in [0.25, 0.3) is 0 Å². The van der Waals surface area contributed by atoms with Gasteiger partial charge in [0.2, 0.25) is 0 Å². The molecular formula is C17H16F2N4O3S. The first kappa shape index (κ1) is 20.0. The smallest absolute Gasteiger partial charge is 0.338 e. The van der Waals surface area contributed by atoms with Gasteiger partial charge in [-0.15, -0.1) is 0 Å². The molecule has 2 aromatic carbocycles. The first-order chi connectivity index (χ1) is 12.9. The minimum atomic E-state index is -0.828. The topological polar surface area (TPSA) is 91.5 Å². The van der Waals surface area contributed by atoms with Crippen molar-refractivity contribution in [3.63, 3.8) is 0 Å². The molecule has 2 amide bonds. The summed E-state index contributed by atoms with van der Waals surface area (Å²) in [5.41, 5.74) is 5.34. The summed E-state index contributed by atoms with van der Waals surface area (Å²) in [6.45, 7) is 1.97. The third-order valence-corrected chi connectivity index (χ3v) is 3.33. The average Bonchev–Trinajstić information content (AvgIpc) is 2.63. The second-order valence-electron chi connectivity index (χ2n) is 5.08. The molecule has 0 bridgehead atoms. The van der Waals surface area contributed by atoms with Crippen LogP contribution in [0.4, 0.5) is 25.0 Å². The van der Waals surface area contributed by atoms with Crippen LogP contribution in [0.3, 0.4) is 0 Å². The van der Waals surface area contributed by atoms with E-state index in [-0.39, 0.29) is 17.4 Å². The Morgan fingerprint density at radius 3 is 2.37 bits per heavy atom. The lowest BCUT2D eigenvalue weighted by Gasteiger charge is -2.13. The van der Waals surface area contributed by atoms with Gasteiger partial charge in [0.05, 0.1) is 17.9 Å². The molecule has 0 aliphatic heterocycles. The Morgan fingerprint density at radius 1 is 1.04 bits per heavy atom. The highest BCUT2D eigenvalue weighted by atomic mass is 32.1. The summed E-state index contributed by atoms with van der Waals surface area (Å²) in [6.07, 6.45) is 0. The third-order valence-electron chi connectivity index (χ3n) is 3.12. The van der Waals surface area contributed by atoms with E-state index in [1.54, 1.807) is 6.92 Å². The second kappa shape index (κ2) is 9.43. The molecule has 0 aliphatic rings. The molecule has 0 fully saturated rings. The van der Waals surface area contributed by atoms with Crippen LogP contribution in [0.1, 0.15) is 17.3 Å². The van der Waals surface area contributed by atoms with Gasteiger partial charge >= 0.3 is 12.0 Å². The summed E-state index contributed by atoms with van der Waals surface area (Å²) in [5, 5.41) is 4.87. The van der Waals surface area contributed by atoms with E-state index in [0.717, 1.165) is 6.07 Å². The van der Waals surface area contributed by atoms with Crippen LogP contribution < -0.4 is 21.5 Å². The zero-order valence-electron chi connectivity index (χ0n) is 14.1. The van der Waals surface area contributed by atoms with E-state index in [4.69, 9.17) is 17.0 Å². The zero-order chi connectivity index (χ0) is 19.8. The highest BCUT2D eigenvalue weighted by Crippen LogP contribution is 2.14. The van der Waals surface area contributed by atoms with E-state index in [1.807, 2.05) is 0 Å². The maximum atomic E-state index is 13.5. The van der Waals surface area contributed by atoms with Crippen molar-refractivity contribution in [2.75, 3.05) is 17.2 Å². The molecule has 0 unspecified atom stereocenters. The fourth-order valence-corrected chi connectivity index (χ4v) is 2.09. The number of rotatable bonds is 4. The Kier molecular flexibility index (Phi) is 7.00. The van der Waals surface area contributed by atoms with E-state index >= 15 is 0 Å². The minimum absolute atomic E-state index is 0.0503. The highest BCUT2D eigenvalue weighted by molar-refractivity contribution is 7.80. The van der Waals surface area contributed by atoms with Crippen molar-refractivity contribution in [2.45, 2.75) is 6.92 Å². The number of ether oxygens (including phenoxy) is 1. The van der Waals surface area contributed by atoms with Crippen LogP contribution in [-0.2, 0) is 4.74 Å². The Hall–Kier alpha value is -3.27. The number of hydrogen-bond acceptors (Lipinski definition) is 4. The SMILES string of the molecule is CCOC(=O)c1ccc(NC(=O)NNC(=S)Nc2ccc(F)cc2F)cc1. The predicted octanol–water partition coefficient (Wildman–Crippen LogP) is 3.16. The Labute approximate surface area is 159 Å². The minimum Gasteiger partial charge on any atom is -0.462 e. The Bertz CT molecular complexity index is 847. The van der Waals surface area contributed by atoms with E-state index in [9.17, 15) is 18.4 Å². The maximum Gasteiger partial charge on any atom is 0.338 e. The number of urea groups is 1. The maximum absolute atomic E-state index is 13.5. The van der Waals surface area contributed by atoms with Gasteiger partial charge in [0.25, 0.3) is 0 Å². The number of hydrazine groups is 1. The van der Waals surface area contributed by atoms with Crippen LogP contribution >= 0.6 is 12.2 Å². The summed E-state index contributed by atoms with van der Waals surface area (Å²) in [6, 6.07) is 8.34. The van der Waals surface area contributed by atoms with Crippen LogP contribution in [0.15, 0.2) is 42.5 Å². The molecule has 27 heavy (non-hydrogen) atoms. The molecule has 10 heteroatoms. The molecule has 0 aromatic heterocycles. The van der Waals surface area contributed by atoms with Gasteiger partial charge in [-0.25, -0.2) is 23.8 Å². The summed E-state index contributed by atoms with van der Waals surface area (Å²) in [4.78, 5) is 23.4. The van der Waals surface area contributed by atoms with Gasteiger partial charge < -0.3 is 15.4 Å². The normalized spacial score (nSPS) is 9.89. The molecule has 0 spiro atoms. The number of thiocarbonyl (C=S) groups is 1. The zero-order valence-corrected chi connectivity index (χ0v) is 15.0. The average molecular weight is 394 g/mol. The molecule has 0 atom stereocenters. The quantitative estimate of drug-likeness (QED) is 0.362. The highest BCUT2D eigenvalue weighted by Gasteiger charge is 2.08. The molecule has 4 N–H and O–H groups in total. The number of benzene rings is 2. The molecule has 2 aromatic rings. The van der Waals surface area contributed by atoms with Gasteiger partial charge in [0, 0.05) is 11.8 Å². The van der Waals surface area contributed by atoms with Crippen molar-refractivity contribution >= 4 is 40.7 Å². The van der Waals surface area contributed by atoms with Crippen LogP contribution in [0, 0.1) is 11.6 Å². The van der Waals surface area contributed by atoms with Crippen LogP contribution in [0.2, 0.25) is 0 Å². The van der Waals surface area contributed by atoms with E-state index in [0.29, 0.717) is 17.3 Å². The molecule has 0 radical (unpaired) electrons. The van der Waals surface area contributed by atoms with E-state index < -0.39 is 23.6 Å². The predicted molar refractivity (Wildman–Crippen MR) is 100 cm³/mol. The fraction of sp³-hybridized carbons (Fsp3) is 0.118. The molecule has 0 saturated heterocycles. The monoisotopic (exact) mass is 394 g/mol. The van der Waals surface area contributed by atoms with Crippen molar-refractivity contribution in [1.82, 2.24) is 10.9 Å². The van der Waals surface area contributed by atoms with Gasteiger partial charge in [-0.2, -0.15) is 0 Å². The molecule has 7 nitrogen and oxygen atoms in total.